The van der Waals surface area contributed by atoms with Crippen LogP contribution in [0.2, 0.25) is 5.02 Å². The molecule has 0 atom stereocenters. The highest BCUT2D eigenvalue weighted by atomic mass is 35.5. The Balaban J connectivity index is 1.97. The molecular formula is C18H14ClNO4S. The molecule has 0 heterocycles. The molecule has 0 saturated carbocycles. The van der Waals surface area contributed by atoms with Crippen LogP contribution >= 0.6 is 11.6 Å². The van der Waals surface area contributed by atoms with Crippen LogP contribution in [0.15, 0.2) is 65.6 Å². The topological polar surface area (TPSA) is 72.5 Å². The van der Waals surface area contributed by atoms with Crippen molar-refractivity contribution in [3.05, 3.63) is 71.2 Å². The van der Waals surface area contributed by atoms with E-state index in [2.05, 4.69) is 9.46 Å². The van der Waals surface area contributed by atoms with Crippen LogP contribution in [0.3, 0.4) is 0 Å². The minimum atomic E-state index is -3.88. The van der Waals surface area contributed by atoms with Gasteiger partial charge in [-0.05, 0) is 41.1 Å². The fraction of sp³-hybridized carbons (Fsp3) is 0.0556. The third-order valence-corrected chi connectivity index (χ3v) is 5.36. The van der Waals surface area contributed by atoms with Crippen molar-refractivity contribution in [1.82, 2.24) is 0 Å². The molecule has 7 heteroatoms. The summed E-state index contributed by atoms with van der Waals surface area (Å²) >= 11 is 5.93. The molecule has 0 amide bonds. The minimum Gasteiger partial charge on any atom is -0.465 e. The van der Waals surface area contributed by atoms with Gasteiger partial charge in [0.15, 0.2) is 0 Å². The number of methoxy groups -OCH3 is 1. The van der Waals surface area contributed by atoms with E-state index in [0.717, 1.165) is 10.8 Å². The number of esters is 1. The molecule has 1 N–H and O–H groups in total. The second kappa shape index (κ2) is 6.74. The van der Waals surface area contributed by atoms with Gasteiger partial charge in [0.25, 0.3) is 10.0 Å². The Morgan fingerprint density at radius 2 is 1.72 bits per heavy atom. The molecule has 0 aromatic heterocycles. The van der Waals surface area contributed by atoms with E-state index < -0.39 is 16.0 Å². The van der Waals surface area contributed by atoms with Crippen molar-refractivity contribution in [2.45, 2.75) is 4.90 Å². The number of anilines is 1. The first-order valence-electron chi connectivity index (χ1n) is 7.30. The lowest BCUT2D eigenvalue weighted by molar-refractivity contribution is 0.0600. The highest BCUT2D eigenvalue weighted by Crippen LogP contribution is 2.25. The molecule has 0 unspecified atom stereocenters. The van der Waals surface area contributed by atoms with Crippen LogP contribution in [0.1, 0.15) is 10.4 Å². The number of hydrogen-bond acceptors (Lipinski definition) is 4. The number of carbonyl (C=O) groups is 1. The molecule has 3 aromatic rings. The Morgan fingerprint density at radius 3 is 2.44 bits per heavy atom. The van der Waals surface area contributed by atoms with E-state index in [9.17, 15) is 13.2 Å². The van der Waals surface area contributed by atoms with Crippen LogP contribution in [-0.4, -0.2) is 21.5 Å². The summed E-state index contributed by atoms with van der Waals surface area (Å²) in [4.78, 5) is 11.6. The van der Waals surface area contributed by atoms with Crippen LogP contribution in [-0.2, 0) is 14.8 Å². The van der Waals surface area contributed by atoms with E-state index in [1.807, 2.05) is 30.3 Å². The van der Waals surface area contributed by atoms with Crippen molar-refractivity contribution < 1.29 is 17.9 Å². The van der Waals surface area contributed by atoms with E-state index in [0.29, 0.717) is 5.69 Å². The number of carbonyl (C=O) groups excluding carboxylic acids is 1. The average molecular weight is 376 g/mol. The molecule has 0 radical (unpaired) electrons. The summed E-state index contributed by atoms with van der Waals surface area (Å²) in [6.45, 7) is 0. The molecule has 3 aromatic carbocycles. The number of sulfonamides is 1. The van der Waals surface area contributed by atoms with Crippen molar-refractivity contribution in [2.24, 2.45) is 0 Å². The highest BCUT2D eigenvalue weighted by molar-refractivity contribution is 7.92. The Kier molecular flexibility index (Phi) is 4.65. The SMILES string of the molecule is COC(=O)c1cc(S(=O)(=O)Nc2ccc3ccccc3c2)ccc1Cl. The summed E-state index contributed by atoms with van der Waals surface area (Å²) < 4.78 is 32.3. The molecule has 0 aliphatic rings. The van der Waals surface area contributed by atoms with Gasteiger partial charge < -0.3 is 4.74 Å². The number of nitrogens with one attached hydrogen (secondary N) is 1. The Labute approximate surface area is 150 Å². The van der Waals surface area contributed by atoms with Crippen molar-refractivity contribution in [3.63, 3.8) is 0 Å². The van der Waals surface area contributed by atoms with Crippen LogP contribution in [0, 0.1) is 0 Å². The van der Waals surface area contributed by atoms with Gasteiger partial charge in [-0.25, -0.2) is 13.2 Å². The van der Waals surface area contributed by atoms with Crippen molar-refractivity contribution in [1.29, 1.82) is 0 Å². The molecular weight excluding hydrogens is 362 g/mol. The molecule has 0 saturated heterocycles. The lowest BCUT2D eigenvalue weighted by atomic mass is 10.1. The first-order chi connectivity index (χ1) is 11.9. The van der Waals surface area contributed by atoms with Crippen molar-refractivity contribution >= 4 is 44.1 Å². The van der Waals surface area contributed by atoms with Gasteiger partial charge >= 0.3 is 5.97 Å². The van der Waals surface area contributed by atoms with Crippen LogP contribution in [0.5, 0.6) is 0 Å². The zero-order valence-corrected chi connectivity index (χ0v) is 14.8. The van der Waals surface area contributed by atoms with Gasteiger partial charge in [-0.3, -0.25) is 4.72 Å². The zero-order chi connectivity index (χ0) is 18.0. The zero-order valence-electron chi connectivity index (χ0n) is 13.2. The first-order valence-corrected chi connectivity index (χ1v) is 9.16. The summed E-state index contributed by atoms with van der Waals surface area (Å²) in [5.74, 6) is -0.701. The summed E-state index contributed by atoms with van der Waals surface area (Å²) in [6.07, 6.45) is 0. The fourth-order valence-corrected chi connectivity index (χ4v) is 3.67. The van der Waals surface area contributed by atoms with E-state index in [1.165, 1.54) is 25.3 Å². The quantitative estimate of drug-likeness (QED) is 0.697. The number of rotatable bonds is 4. The maximum Gasteiger partial charge on any atom is 0.339 e. The van der Waals surface area contributed by atoms with E-state index >= 15 is 0 Å². The lowest BCUT2D eigenvalue weighted by Crippen LogP contribution is -2.14. The summed E-state index contributed by atoms with van der Waals surface area (Å²) in [5.41, 5.74) is 0.416. The number of benzene rings is 3. The summed E-state index contributed by atoms with van der Waals surface area (Å²) in [5, 5.41) is 2.04. The molecule has 25 heavy (non-hydrogen) atoms. The molecule has 128 valence electrons. The second-order valence-electron chi connectivity index (χ2n) is 5.30. The van der Waals surface area contributed by atoms with E-state index in [4.69, 9.17) is 11.6 Å². The van der Waals surface area contributed by atoms with Gasteiger partial charge in [0.1, 0.15) is 0 Å². The molecule has 5 nitrogen and oxygen atoms in total. The minimum absolute atomic E-state index is 0.00875. The first kappa shape index (κ1) is 17.3. The number of fused-ring (bicyclic) bond motifs is 1. The molecule has 0 spiro atoms. The molecule has 0 aliphatic carbocycles. The van der Waals surface area contributed by atoms with E-state index in [-0.39, 0.29) is 15.5 Å². The van der Waals surface area contributed by atoms with Crippen molar-refractivity contribution in [3.8, 4) is 0 Å². The average Bonchev–Trinajstić information content (AvgIpc) is 2.61. The van der Waals surface area contributed by atoms with Crippen molar-refractivity contribution in [2.75, 3.05) is 11.8 Å². The monoisotopic (exact) mass is 375 g/mol. The largest absolute Gasteiger partial charge is 0.465 e. The highest BCUT2D eigenvalue weighted by Gasteiger charge is 2.19. The Morgan fingerprint density at radius 1 is 1.00 bits per heavy atom. The lowest BCUT2D eigenvalue weighted by Gasteiger charge is -2.10. The second-order valence-corrected chi connectivity index (χ2v) is 7.39. The van der Waals surface area contributed by atoms with Gasteiger partial charge in [-0.1, -0.05) is 41.9 Å². The van der Waals surface area contributed by atoms with Gasteiger partial charge in [0, 0.05) is 5.69 Å². The number of ether oxygens (including phenoxy) is 1. The van der Waals surface area contributed by atoms with E-state index in [1.54, 1.807) is 12.1 Å². The molecule has 0 fully saturated rings. The van der Waals surface area contributed by atoms with Crippen LogP contribution in [0.4, 0.5) is 5.69 Å². The Bertz CT molecular complexity index is 1060. The smallest absolute Gasteiger partial charge is 0.339 e. The number of hydrogen-bond donors (Lipinski definition) is 1. The summed E-state index contributed by atoms with van der Waals surface area (Å²) in [6, 6.07) is 16.7. The predicted molar refractivity (Wildman–Crippen MR) is 97.5 cm³/mol. The van der Waals surface area contributed by atoms with Gasteiger partial charge in [0.2, 0.25) is 0 Å². The summed E-state index contributed by atoms with van der Waals surface area (Å²) in [7, 11) is -2.68. The standard InChI is InChI=1S/C18H14ClNO4S/c1-24-18(21)16-11-15(8-9-17(16)19)25(22,23)20-14-7-6-12-4-2-3-5-13(12)10-14/h2-11,20H,1H3. The maximum absolute atomic E-state index is 12.6. The third kappa shape index (κ3) is 3.60. The molecule has 0 bridgehead atoms. The van der Waals surface area contributed by atoms with Gasteiger partial charge in [0.05, 0.1) is 22.6 Å². The van der Waals surface area contributed by atoms with Gasteiger partial charge in [-0.15, -0.1) is 0 Å². The van der Waals surface area contributed by atoms with Crippen LogP contribution < -0.4 is 4.72 Å². The normalized spacial score (nSPS) is 11.3. The molecule has 0 aliphatic heterocycles. The van der Waals surface area contributed by atoms with Gasteiger partial charge in [-0.2, -0.15) is 0 Å². The number of halogens is 1. The predicted octanol–water partition coefficient (Wildman–Crippen LogP) is 4.08. The third-order valence-electron chi connectivity index (χ3n) is 3.66. The maximum atomic E-state index is 12.6. The fourth-order valence-electron chi connectivity index (χ4n) is 2.40. The molecule has 3 rings (SSSR count). The Hall–Kier alpha value is -2.57. The van der Waals surface area contributed by atoms with Crippen LogP contribution in [0.25, 0.3) is 10.8 Å².